The van der Waals surface area contributed by atoms with E-state index in [4.69, 9.17) is 29.0 Å². The number of nitrogens with zero attached hydrogens (tertiary/aromatic N) is 1. The number of nitrogens with one attached hydrogen (secondary N) is 2. The highest BCUT2D eigenvalue weighted by molar-refractivity contribution is 6.40. The number of benzene rings is 2. The lowest BCUT2D eigenvalue weighted by atomic mass is 10.1. The number of carbonyl (C=O) groups excluding carboxylic acids is 1. The molecule has 0 unspecified atom stereocenters. The number of hydrogen-bond donors (Lipinski definition) is 3. The summed E-state index contributed by atoms with van der Waals surface area (Å²) in [6.45, 7) is 0. The smallest absolute Gasteiger partial charge is 0.258 e. The van der Waals surface area contributed by atoms with Gasteiger partial charge in [-0.3, -0.25) is 15.6 Å². The van der Waals surface area contributed by atoms with Gasteiger partial charge in [0.1, 0.15) is 0 Å². The van der Waals surface area contributed by atoms with Crippen molar-refractivity contribution in [2.45, 2.75) is 0 Å². The molecule has 2 aromatic carbocycles. The summed E-state index contributed by atoms with van der Waals surface area (Å²) in [6.07, 6.45) is 1.61. The van der Waals surface area contributed by atoms with Crippen LogP contribution in [0, 0.1) is 0 Å². The average molecular weight is 347 g/mol. The molecule has 1 heterocycles. The van der Waals surface area contributed by atoms with Crippen LogP contribution in [0.2, 0.25) is 10.0 Å². The molecule has 4 N–H and O–H groups in total. The van der Waals surface area contributed by atoms with Crippen molar-refractivity contribution in [1.29, 1.82) is 0 Å². The Hall–Kier alpha value is -2.34. The van der Waals surface area contributed by atoms with E-state index in [0.29, 0.717) is 16.9 Å². The van der Waals surface area contributed by atoms with Gasteiger partial charge in [0.15, 0.2) is 0 Å². The zero-order valence-corrected chi connectivity index (χ0v) is 13.3. The molecule has 0 saturated carbocycles. The van der Waals surface area contributed by atoms with Gasteiger partial charge in [0.2, 0.25) is 0 Å². The fraction of sp³-hybridized carbons (Fsp3) is 0. The number of rotatable bonds is 3. The van der Waals surface area contributed by atoms with E-state index in [9.17, 15) is 4.79 Å². The molecule has 0 radical (unpaired) electrons. The van der Waals surface area contributed by atoms with E-state index in [1.165, 1.54) is 0 Å². The Morgan fingerprint density at radius 2 is 1.70 bits per heavy atom. The maximum Gasteiger partial charge on any atom is 0.258 e. The van der Waals surface area contributed by atoms with Crippen LogP contribution in [-0.2, 0) is 0 Å². The first kappa shape index (κ1) is 15.6. The summed E-state index contributed by atoms with van der Waals surface area (Å²) < 4.78 is 0. The molecule has 0 fully saturated rings. The van der Waals surface area contributed by atoms with Gasteiger partial charge >= 0.3 is 0 Å². The topological polar surface area (TPSA) is 80.0 Å². The molecule has 0 aliphatic rings. The fourth-order valence-corrected chi connectivity index (χ4v) is 2.87. The number of hydrogen-bond acceptors (Lipinski definition) is 4. The Morgan fingerprint density at radius 3 is 2.39 bits per heavy atom. The molecule has 0 spiro atoms. The first-order chi connectivity index (χ1) is 11.1. The standard InChI is InChI=1S/C16H12Cl2N4O/c17-10-4-2-5-11(18)14(10)16(23)21-13-6-1-3-9-12(22-19)7-8-20-15(9)13/h1-8H,19H2,(H,20,22)(H,21,23). The van der Waals surface area contributed by atoms with E-state index in [1.54, 1.807) is 42.6 Å². The molecular weight excluding hydrogens is 335 g/mol. The van der Waals surface area contributed by atoms with Gasteiger partial charge in [0, 0.05) is 11.6 Å². The molecule has 7 heteroatoms. The lowest BCUT2D eigenvalue weighted by Crippen LogP contribution is -2.14. The summed E-state index contributed by atoms with van der Waals surface area (Å²) in [7, 11) is 0. The molecule has 3 aromatic rings. The number of halogens is 2. The zero-order valence-electron chi connectivity index (χ0n) is 11.8. The number of amides is 1. The Balaban J connectivity index is 2.04. The molecule has 0 aliphatic carbocycles. The van der Waals surface area contributed by atoms with Crippen molar-refractivity contribution in [2.24, 2.45) is 5.84 Å². The van der Waals surface area contributed by atoms with E-state index < -0.39 is 5.91 Å². The van der Waals surface area contributed by atoms with Gasteiger partial charge in [-0.1, -0.05) is 41.4 Å². The van der Waals surface area contributed by atoms with E-state index in [0.717, 1.165) is 5.39 Å². The number of hydrazine groups is 1. The van der Waals surface area contributed by atoms with Gasteiger partial charge in [-0.2, -0.15) is 0 Å². The first-order valence-electron chi connectivity index (χ1n) is 6.71. The maximum atomic E-state index is 12.5. The molecule has 23 heavy (non-hydrogen) atoms. The largest absolute Gasteiger partial charge is 0.323 e. The molecule has 1 amide bonds. The predicted molar refractivity (Wildman–Crippen MR) is 94.0 cm³/mol. The summed E-state index contributed by atoms with van der Waals surface area (Å²) in [4.78, 5) is 16.8. The normalized spacial score (nSPS) is 10.6. The molecule has 3 rings (SSSR count). The highest BCUT2D eigenvalue weighted by atomic mass is 35.5. The number of pyridine rings is 1. The van der Waals surface area contributed by atoms with Crippen LogP contribution in [0.15, 0.2) is 48.7 Å². The van der Waals surface area contributed by atoms with Crippen LogP contribution < -0.4 is 16.6 Å². The molecule has 0 bridgehead atoms. The second-order valence-electron chi connectivity index (χ2n) is 4.76. The second kappa shape index (κ2) is 6.42. The third-order valence-corrected chi connectivity index (χ3v) is 3.99. The third-order valence-electron chi connectivity index (χ3n) is 3.36. The van der Waals surface area contributed by atoms with Crippen LogP contribution in [0.4, 0.5) is 11.4 Å². The summed E-state index contributed by atoms with van der Waals surface area (Å²) >= 11 is 12.1. The highest BCUT2D eigenvalue weighted by Crippen LogP contribution is 2.29. The van der Waals surface area contributed by atoms with Crippen LogP contribution in [0.1, 0.15) is 10.4 Å². The number of nitrogen functional groups attached to an aromatic ring is 1. The zero-order chi connectivity index (χ0) is 16.4. The third kappa shape index (κ3) is 2.94. The van der Waals surface area contributed by atoms with E-state index in [2.05, 4.69) is 15.7 Å². The van der Waals surface area contributed by atoms with Crippen molar-refractivity contribution in [3.05, 3.63) is 64.3 Å². The Kier molecular flexibility index (Phi) is 4.34. The number of carbonyl (C=O) groups is 1. The van der Waals surface area contributed by atoms with Gasteiger partial charge < -0.3 is 10.7 Å². The van der Waals surface area contributed by atoms with Crippen LogP contribution in [-0.4, -0.2) is 10.9 Å². The van der Waals surface area contributed by atoms with E-state index in [1.807, 2.05) is 6.07 Å². The van der Waals surface area contributed by atoms with E-state index >= 15 is 0 Å². The molecule has 5 nitrogen and oxygen atoms in total. The number of aromatic nitrogens is 1. The molecular formula is C16H12Cl2N4O. The SMILES string of the molecule is NNc1ccnc2c(NC(=O)c3c(Cl)cccc3Cl)cccc12. The van der Waals surface area contributed by atoms with Gasteiger partial charge in [-0.25, -0.2) is 0 Å². The van der Waals surface area contributed by atoms with Crippen molar-refractivity contribution < 1.29 is 4.79 Å². The summed E-state index contributed by atoms with van der Waals surface area (Å²) in [5.41, 5.74) is 4.69. The van der Waals surface area contributed by atoms with Gasteiger partial charge in [0.25, 0.3) is 5.91 Å². The van der Waals surface area contributed by atoms with Gasteiger partial charge in [-0.15, -0.1) is 0 Å². The molecule has 116 valence electrons. The van der Waals surface area contributed by atoms with Crippen LogP contribution in [0.3, 0.4) is 0 Å². The van der Waals surface area contributed by atoms with Crippen molar-refractivity contribution in [2.75, 3.05) is 10.7 Å². The lowest BCUT2D eigenvalue weighted by Gasteiger charge is -2.11. The van der Waals surface area contributed by atoms with Gasteiger partial charge in [0.05, 0.1) is 32.5 Å². The second-order valence-corrected chi connectivity index (χ2v) is 5.57. The molecule has 1 aromatic heterocycles. The van der Waals surface area contributed by atoms with Crippen molar-refractivity contribution in [3.8, 4) is 0 Å². The number of fused-ring (bicyclic) bond motifs is 1. The van der Waals surface area contributed by atoms with Crippen LogP contribution in [0.5, 0.6) is 0 Å². The quantitative estimate of drug-likeness (QED) is 0.493. The minimum absolute atomic E-state index is 0.223. The fourth-order valence-electron chi connectivity index (χ4n) is 2.30. The summed E-state index contributed by atoms with van der Waals surface area (Å²) in [5.74, 6) is 5.10. The first-order valence-corrected chi connectivity index (χ1v) is 7.47. The monoisotopic (exact) mass is 346 g/mol. The van der Waals surface area contributed by atoms with Crippen LogP contribution in [0.25, 0.3) is 10.9 Å². The lowest BCUT2D eigenvalue weighted by molar-refractivity contribution is 0.102. The van der Waals surface area contributed by atoms with Crippen LogP contribution >= 0.6 is 23.2 Å². The number of anilines is 2. The predicted octanol–water partition coefficient (Wildman–Crippen LogP) is 4.08. The Morgan fingerprint density at radius 1 is 1.00 bits per heavy atom. The Bertz CT molecular complexity index is 878. The number of nitrogens with two attached hydrogens (primary N) is 1. The maximum absolute atomic E-state index is 12.5. The van der Waals surface area contributed by atoms with E-state index in [-0.39, 0.29) is 15.6 Å². The van der Waals surface area contributed by atoms with Crippen molar-refractivity contribution in [3.63, 3.8) is 0 Å². The summed E-state index contributed by atoms with van der Waals surface area (Å²) in [6, 6.07) is 12.1. The minimum Gasteiger partial charge on any atom is -0.323 e. The average Bonchev–Trinajstić information content (AvgIpc) is 2.54. The summed E-state index contributed by atoms with van der Waals surface area (Å²) in [5, 5.41) is 4.15. The highest BCUT2D eigenvalue weighted by Gasteiger charge is 2.16. The minimum atomic E-state index is -0.402. The number of para-hydroxylation sites is 1. The molecule has 0 atom stereocenters. The Labute approximate surface area is 142 Å². The van der Waals surface area contributed by atoms with Crippen molar-refractivity contribution in [1.82, 2.24) is 4.98 Å². The van der Waals surface area contributed by atoms with Crippen molar-refractivity contribution >= 4 is 51.4 Å². The van der Waals surface area contributed by atoms with Gasteiger partial charge in [-0.05, 0) is 24.3 Å². The molecule has 0 aliphatic heterocycles. The molecule has 0 saturated heterocycles.